The number of aliphatic hydroxyl groups is 1. The normalized spacial score (nSPS) is 32.6. The zero-order valence-electron chi connectivity index (χ0n) is 23.5. The fraction of sp³-hybridized carbons (Fsp3) is 0.237. The summed E-state index contributed by atoms with van der Waals surface area (Å²) >= 11 is 0. The van der Waals surface area contributed by atoms with Crippen LogP contribution >= 0.6 is 0 Å². The number of hydrogen-bond acceptors (Lipinski definition) is 2. The molecule has 4 aromatic carbocycles. The van der Waals surface area contributed by atoms with Gasteiger partial charge in [-0.3, -0.25) is 4.79 Å². The van der Waals surface area contributed by atoms with E-state index in [1.54, 1.807) is 0 Å². The molecule has 0 radical (unpaired) electrons. The van der Waals surface area contributed by atoms with E-state index in [-0.39, 0.29) is 5.78 Å². The first-order chi connectivity index (χ1) is 19.3. The highest BCUT2D eigenvalue weighted by Crippen LogP contribution is 2.87. The molecule has 4 aromatic rings. The summed E-state index contributed by atoms with van der Waals surface area (Å²) in [4.78, 5) is 15.0. The van der Waals surface area contributed by atoms with Gasteiger partial charge in [0.05, 0.1) is 11.5 Å². The molecule has 3 aliphatic carbocycles. The first-order valence-electron chi connectivity index (χ1n) is 14.2. The van der Waals surface area contributed by atoms with E-state index in [0.717, 1.165) is 44.5 Å². The van der Waals surface area contributed by atoms with Gasteiger partial charge in [-0.15, -0.1) is 0 Å². The molecular weight excluding hydrogens is 488 g/mol. The maximum atomic E-state index is 15.0. The van der Waals surface area contributed by atoms with Crippen molar-refractivity contribution >= 4 is 22.5 Å². The maximum absolute atomic E-state index is 15.0. The van der Waals surface area contributed by atoms with Crippen LogP contribution in [0.3, 0.4) is 0 Å². The molecule has 1 fully saturated rings. The molecule has 7 rings (SSSR count). The Labute approximate surface area is 236 Å². The van der Waals surface area contributed by atoms with E-state index < -0.39 is 27.8 Å². The quantitative estimate of drug-likeness (QED) is 0.295. The van der Waals surface area contributed by atoms with Gasteiger partial charge in [-0.05, 0) is 51.5 Å². The van der Waals surface area contributed by atoms with E-state index in [0.29, 0.717) is 0 Å². The Balaban J connectivity index is 1.72. The van der Waals surface area contributed by atoms with E-state index in [9.17, 15) is 9.90 Å². The molecule has 2 bridgehead atoms. The van der Waals surface area contributed by atoms with Gasteiger partial charge in [-0.25, -0.2) is 0 Å². The van der Waals surface area contributed by atoms with Crippen LogP contribution in [0.2, 0.25) is 0 Å². The van der Waals surface area contributed by atoms with Gasteiger partial charge in [0.25, 0.3) is 0 Å². The molecule has 0 amide bonds. The molecule has 40 heavy (non-hydrogen) atoms. The Morgan fingerprint density at radius 2 is 0.925 bits per heavy atom. The van der Waals surface area contributed by atoms with Gasteiger partial charge in [-0.2, -0.15) is 0 Å². The Morgan fingerprint density at radius 3 is 1.38 bits per heavy atom. The van der Waals surface area contributed by atoms with Crippen LogP contribution in [0.15, 0.2) is 127 Å². The van der Waals surface area contributed by atoms with E-state index in [1.165, 1.54) is 0 Å². The number of carbonyl (C=O) groups excluding carboxylic acids is 1. The summed E-state index contributed by atoms with van der Waals surface area (Å²) in [5, 5.41) is 12.9. The van der Waals surface area contributed by atoms with Crippen LogP contribution in [0.1, 0.15) is 49.9 Å². The summed E-state index contributed by atoms with van der Waals surface area (Å²) in [6.07, 6.45) is -0.800. The third-order valence-corrected chi connectivity index (χ3v) is 10.9. The number of Topliss-reactive ketones (excluding diaryl/α,β-unsaturated/α-hetero) is 1. The smallest absolute Gasteiger partial charge is 0.167 e. The van der Waals surface area contributed by atoms with Gasteiger partial charge in [-0.1, -0.05) is 142 Å². The highest BCUT2D eigenvalue weighted by atomic mass is 16.3. The van der Waals surface area contributed by atoms with Crippen LogP contribution in [0.25, 0.3) is 16.7 Å². The number of fused-ring (bicyclic) bond motifs is 5. The molecule has 2 heteroatoms. The molecule has 0 aliphatic heterocycles. The average molecular weight is 523 g/mol. The van der Waals surface area contributed by atoms with Gasteiger partial charge >= 0.3 is 0 Å². The molecule has 198 valence electrons. The zero-order valence-corrected chi connectivity index (χ0v) is 23.5. The number of rotatable bonds is 4. The van der Waals surface area contributed by atoms with Crippen molar-refractivity contribution in [1.82, 2.24) is 0 Å². The first kappa shape index (κ1) is 25.0. The van der Waals surface area contributed by atoms with E-state index in [4.69, 9.17) is 0 Å². The molecule has 3 aliphatic rings. The highest BCUT2D eigenvalue weighted by Gasteiger charge is 2.87. The highest BCUT2D eigenvalue weighted by molar-refractivity contribution is 6.21. The molecule has 1 N–H and O–H groups in total. The SMILES string of the molecule is CC1=C(c2ccccc2)[C@]2(c3ccccc3)C3(C)C(c4ccccc4)=C(c4ccccc4)C(C)(C3O)[C@]2(C)C1=O. The maximum Gasteiger partial charge on any atom is 0.167 e. The second-order valence-corrected chi connectivity index (χ2v) is 12.2. The van der Waals surface area contributed by atoms with Crippen molar-refractivity contribution in [3.63, 3.8) is 0 Å². The predicted molar refractivity (Wildman–Crippen MR) is 162 cm³/mol. The summed E-state index contributed by atoms with van der Waals surface area (Å²) < 4.78 is 0. The fourth-order valence-electron chi connectivity index (χ4n) is 9.44. The molecule has 0 aromatic heterocycles. The van der Waals surface area contributed by atoms with Crippen LogP contribution in [0, 0.1) is 16.2 Å². The molecule has 0 heterocycles. The van der Waals surface area contributed by atoms with Gasteiger partial charge in [0.1, 0.15) is 0 Å². The van der Waals surface area contributed by atoms with Crippen molar-refractivity contribution in [3.8, 4) is 0 Å². The van der Waals surface area contributed by atoms with Crippen LogP contribution in [-0.2, 0) is 10.2 Å². The topological polar surface area (TPSA) is 37.3 Å². The predicted octanol–water partition coefficient (Wildman–Crippen LogP) is 8.00. The lowest BCUT2D eigenvalue weighted by molar-refractivity contribution is -0.130. The minimum atomic E-state index is -0.936. The first-order valence-corrected chi connectivity index (χ1v) is 14.2. The molecule has 3 unspecified atom stereocenters. The number of benzene rings is 4. The second kappa shape index (κ2) is 8.25. The summed E-state index contributed by atoms with van der Waals surface area (Å²) in [6.45, 7) is 8.52. The monoisotopic (exact) mass is 522 g/mol. The Morgan fingerprint density at radius 1 is 0.550 bits per heavy atom. The van der Waals surface area contributed by atoms with Gasteiger partial charge in [0, 0.05) is 16.2 Å². The summed E-state index contributed by atoms with van der Waals surface area (Å²) in [7, 11) is 0. The molecule has 5 atom stereocenters. The van der Waals surface area contributed by atoms with E-state index in [1.807, 2.05) is 43.3 Å². The Kier molecular flexibility index (Phi) is 5.16. The van der Waals surface area contributed by atoms with Crippen molar-refractivity contribution in [2.45, 2.75) is 39.2 Å². The van der Waals surface area contributed by atoms with Gasteiger partial charge < -0.3 is 5.11 Å². The Hall–Kier alpha value is -4.01. The molecule has 1 saturated carbocycles. The Bertz CT molecular complexity index is 1700. The van der Waals surface area contributed by atoms with Crippen molar-refractivity contribution in [2.24, 2.45) is 16.2 Å². The summed E-state index contributed by atoms with van der Waals surface area (Å²) in [6, 6.07) is 41.7. The minimum absolute atomic E-state index is 0.126. The lowest BCUT2D eigenvalue weighted by atomic mass is 9.43. The third-order valence-electron chi connectivity index (χ3n) is 10.9. The zero-order chi connectivity index (χ0) is 27.9. The lowest BCUT2D eigenvalue weighted by Crippen LogP contribution is -2.56. The number of hydrogen-bond donors (Lipinski definition) is 1. The average Bonchev–Trinajstić information content (AvgIpc) is 3.37. The number of allylic oxidation sites excluding steroid dienone is 2. The minimum Gasteiger partial charge on any atom is -0.391 e. The van der Waals surface area contributed by atoms with Gasteiger partial charge in [0.2, 0.25) is 0 Å². The summed E-state index contributed by atoms with van der Waals surface area (Å²) in [5.41, 5.74) is 4.90. The number of aliphatic hydroxyl groups excluding tert-OH is 1. The largest absolute Gasteiger partial charge is 0.391 e. The molecule has 0 spiro atoms. The van der Waals surface area contributed by atoms with Crippen LogP contribution in [-0.4, -0.2) is 17.0 Å². The van der Waals surface area contributed by atoms with Crippen molar-refractivity contribution in [3.05, 3.63) is 149 Å². The van der Waals surface area contributed by atoms with Crippen LogP contribution in [0.4, 0.5) is 0 Å². The van der Waals surface area contributed by atoms with Crippen LogP contribution in [0.5, 0.6) is 0 Å². The van der Waals surface area contributed by atoms with E-state index >= 15 is 0 Å². The van der Waals surface area contributed by atoms with Crippen molar-refractivity contribution in [2.75, 3.05) is 0 Å². The standard InChI is InChI=1S/C38H34O2/c1-25-30(26-17-9-5-10-18-26)38(29-23-15-8-16-24-29)36(3)32(28-21-13-7-14-22-28)31(27-19-11-6-12-20-27)35(2,34(36)40)37(38,4)33(25)39/h5-24,34,40H,1-4H3/t34?,35?,36?,37-,38+/m0/s1. The van der Waals surface area contributed by atoms with E-state index in [2.05, 4.69) is 106 Å². The van der Waals surface area contributed by atoms with Gasteiger partial charge in [0.15, 0.2) is 5.78 Å². The molecule has 2 nitrogen and oxygen atoms in total. The lowest BCUT2D eigenvalue weighted by Gasteiger charge is -2.56. The second-order valence-electron chi connectivity index (χ2n) is 12.2. The molecule has 0 saturated heterocycles. The fourth-order valence-corrected chi connectivity index (χ4v) is 9.44. The van der Waals surface area contributed by atoms with Crippen molar-refractivity contribution < 1.29 is 9.90 Å². The number of ketones is 1. The molecular formula is C38H34O2. The third kappa shape index (κ3) is 2.53. The van der Waals surface area contributed by atoms with Crippen molar-refractivity contribution in [1.29, 1.82) is 0 Å². The summed E-state index contributed by atoms with van der Waals surface area (Å²) in [5.74, 6) is 0.126. The van der Waals surface area contributed by atoms with Crippen LogP contribution < -0.4 is 0 Å². The number of carbonyl (C=O) groups is 1.